The fourth-order valence-corrected chi connectivity index (χ4v) is 3.11. The second-order valence-electron chi connectivity index (χ2n) is 6.57. The molecule has 0 radical (unpaired) electrons. The summed E-state index contributed by atoms with van der Waals surface area (Å²) >= 11 is 0. The number of aryl methyl sites for hydroxylation is 2. The van der Waals surface area contributed by atoms with E-state index in [9.17, 15) is 18.4 Å². The molecule has 0 aliphatic carbocycles. The highest BCUT2D eigenvalue weighted by atomic mass is 19.4. The predicted octanol–water partition coefficient (Wildman–Crippen LogP) is 3.91. The Balaban J connectivity index is 2.30. The maximum Gasteiger partial charge on any atom is 0.416 e. The fraction of sp³-hybridized carbons (Fsp3) is 0.316. The molecule has 6 nitrogen and oxygen atoms in total. The van der Waals surface area contributed by atoms with E-state index >= 15 is 0 Å². The molecule has 0 spiro atoms. The quantitative estimate of drug-likeness (QED) is 0.680. The zero-order valence-corrected chi connectivity index (χ0v) is 16.0. The van der Waals surface area contributed by atoms with Crippen molar-refractivity contribution in [2.45, 2.75) is 13.1 Å². The number of rotatable bonds is 3. The number of pyridine rings is 1. The lowest BCUT2D eigenvalue weighted by Gasteiger charge is -2.15. The number of methoxy groups -OCH3 is 1. The lowest BCUT2D eigenvalue weighted by Crippen LogP contribution is -2.12. The van der Waals surface area contributed by atoms with Gasteiger partial charge in [-0.3, -0.25) is 0 Å². The summed E-state index contributed by atoms with van der Waals surface area (Å²) in [6.07, 6.45) is -4.48. The van der Waals surface area contributed by atoms with E-state index in [0.717, 1.165) is 12.1 Å². The fourth-order valence-electron chi connectivity index (χ4n) is 3.11. The predicted molar refractivity (Wildman–Crippen MR) is 99.3 cm³/mol. The van der Waals surface area contributed by atoms with Gasteiger partial charge in [-0.25, -0.2) is 9.97 Å². The Morgan fingerprint density at radius 3 is 2.39 bits per heavy atom. The molecule has 0 unspecified atom stereocenters. The van der Waals surface area contributed by atoms with E-state index in [2.05, 4.69) is 16.0 Å². The minimum absolute atomic E-state index is 0.0686. The van der Waals surface area contributed by atoms with Crippen molar-refractivity contribution in [2.24, 2.45) is 7.05 Å². The van der Waals surface area contributed by atoms with Crippen LogP contribution in [0.5, 0.6) is 5.75 Å². The minimum Gasteiger partial charge on any atom is -0.496 e. The first-order valence-electron chi connectivity index (χ1n) is 8.29. The summed E-state index contributed by atoms with van der Waals surface area (Å²) in [6, 6.07) is 5.80. The van der Waals surface area contributed by atoms with Crippen LogP contribution >= 0.6 is 0 Å². The molecule has 0 amide bonds. The summed E-state index contributed by atoms with van der Waals surface area (Å²) in [7, 11) is 6.57. The van der Waals surface area contributed by atoms with Crippen LogP contribution in [0.4, 0.5) is 19.0 Å². The summed E-state index contributed by atoms with van der Waals surface area (Å²) in [5, 5.41) is 9.40. The van der Waals surface area contributed by atoms with Gasteiger partial charge in [-0.1, -0.05) is 0 Å². The van der Waals surface area contributed by atoms with E-state index < -0.39 is 11.7 Å². The van der Waals surface area contributed by atoms with E-state index in [-0.39, 0.29) is 5.75 Å². The van der Waals surface area contributed by atoms with Crippen molar-refractivity contribution in [3.63, 3.8) is 0 Å². The molecule has 0 bridgehead atoms. The van der Waals surface area contributed by atoms with Gasteiger partial charge in [0.2, 0.25) is 0 Å². The molecule has 3 aromatic rings. The normalized spacial score (nSPS) is 11.5. The Morgan fingerprint density at radius 1 is 1.18 bits per heavy atom. The second kappa shape index (κ2) is 6.71. The van der Waals surface area contributed by atoms with Crippen LogP contribution < -0.4 is 9.64 Å². The number of halogens is 3. The van der Waals surface area contributed by atoms with Gasteiger partial charge in [0.15, 0.2) is 5.65 Å². The maximum atomic E-state index is 13.1. The number of hydrogen-bond donors (Lipinski definition) is 0. The number of hydrogen-bond acceptors (Lipinski definition) is 5. The number of imidazole rings is 1. The van der Waals surface area contributed by atoms with Crippen molar-refractivity contribution in [2.75, 3.05) is 26.1 Å². The highest BCUT2D eigenvalue weighted by Crippen LogP contribution is 2.40. The zero-order valence-electron chi connectivity index (χ0n) is 16.0. The largest absolute Gasteiger partial charge is 0.496 e. The Morgan fingerprint density at radius 2 is 1.86 bits per heavy atom. The molecule has 0 saturated heterocycles. The monoisotopic (exact) mass is 389 g/mol. The van der Waals surface area contributed by atoms with Gasteiger partial charge >= 0.3 is 6.18 Å². The second-order valence-corrected chi connectivity index (χ2v) is 6.57. The number of anilines is 1. The van der Waals surface area contributed by atoms with Crippen LogP contribution in [0.2, 0.25) is 0 Å². The Kier molecular flexibility index (Phi) is 4.67. The highest BCUT2D eigenvalue weighted by Gasteiger charge is 2.33. The van der Waals surface area contributed by atoms with Crippen LogP contribution in [0.1, 0.15) is 16.7 Å². The Bertz CT molecular complexity index is 1110. The van der Waals surface area contributed by atoms with Gasteiger partial charge in [-0.05, 0) is 30.7 Å². The van der Waals surface area contributed by atoms with E-state index in [4.69, 9.17) is 4.74 Å². The smallest absolute Gasteiger partial charge is 0.416 e. The molecular formula is C19H18F3N5O. The number of nitriles is 1. The van der Waals surface area contributed by atoms with E-state index in [1.54, 1.807) is 43.6 Å². The van der Waals surface area contributed by atoms with Crippen molar-refractivity contribution in [1.29, 1.82) is 5.26 Å². The molecule has 0 aliphatic heterocycles. The number of benzene rings is 1. The van der Waals surface area contributed by atoms with Crippen LogP contribution in [-0.4, -0.2) is 35.7 Å². The molecule has 146 valence electrons. The third kappa shape index (κ3) is 3.11. The Labute approximate surface area is 159 Å². The molecule has 0 saturated carbocycles. The van der Waals surface area contributed by atoms with Gasteiger partial charge in [-0.15, -0.1) is 0 Å². The third-order valence-corrected chi connectivity index (χ3v) is 4.47. The van der Waals surface area contributed by atoms with Gasteiger partial charge in [0.05, 0.1) is 29.3 Å². The van der Waals surface area contributed by atoms with Gasteiger partial charge < -0.3 is 14.2 Å². The molecular weight excluding hydrogens is 371 g/mol. The summed E-state index contributed by atoms with van der Waals surface area (Å²) in [5.74, 6) is 0.945. The molecule has 28 heavy (non-hydrogen) atoms. The summed E-state index contributed by atoms with van der Waals surface area (Å²) < 4.78 is 46.4. The number of aromatic nitrogens is 3. The zero-order chi connectivity index (χ0) is 20.8. The lowest BCUT2D eigenvalue weighted by atomic mass is 10.0. The van der Waals surface area contributed by atoms with Crippen molar-refractivity contribution >= 4 is 17.0 Å². The molecule has 2 heterocycles. The van der Waals surface area contributed by atoms with Crippen molar-refractivity contribution in [1.82, 2.24) is 14.5 Å². The molecule has 9 heteroatoms. The maximum absolute atomic E-state index is 13.1. The van der Waals surface area contributed by atoms with Gasteiger partial charge in [0.1, 0.15) is 23.5 Å². The molecule has 0 aliphatic rings. The minimum atomic E-state index is -4.48. The first-order valence-corrected chi connectivity index (χ1v) is 8.29. The molecule has 0 atom stereocenters. The first kappa shape index (κ1) is 19.5. The van der Waals surface area contributed by atoms with Crippen molar-refractivity contribution < 1.29 is 17.9 Å². The molecule has 3 rings (SSSR count). The topological polar surface area (TPSA) is 67.0 Å². The van der Waals surface area contributed by atoms with Crippen LogP contribution in [-0.2, 0) is 13.2 Å². The first-order chi connectivity index (χ1) is 13.1. The highest BCUT2D eigenvalue weighted by molar-refractivity contribution is 5.83. The van der Waals surface area contributed by atoms with E-state index in [0.29, 0.717) is 39.5 Å². The molecule has 0 N–H and O–H groups in total. The lowest BCUT2D eigenvalue weighted by molar-refractivity contribution is -0.137. The van der Waals surface area contributed by atoms with Crippen LogP contribution in [0, 0.1) is 18.3 Å². The standard InChI is InChI=1S/C19H18F3N5O/c1-10-6-12(19(20,21)22)8-14(28-5)15(10)18-25-16-13(27(18)4)7-11(9-23)17(24-16)26(2)3/h6-8H,1-5H3. The molecule has 2 aromatic heterocycles. The molecule has 0 fully saturated rings. The van der Waals surface area contributed by atoms with Gasteiger partial charge in [0, 0.05) is 21.1 Å². The SMILES string of the molecule is COc1cc(C(F)(F)F)cc(C)c1-c1nc2nc(N(C)C)c(C#N)cc2n1C. The van der Waals surface area contributed by atoms with Crippen molar-refractivity contribution in [3.8, 4) is 23.2 Å². The van der Waals surface area contributed by atoms with E-state index in [1.165, 1.54) is 7.11 Å². The third-order valence-electron chi connectivity index (χ3n) is 4.47. The van der Waals surface area contributed by atoms with Gasteiger partial charge in [0.25, 0.3) is 0 Å². The summed E-state index contributed by atoms with van der Waals surface area (Å²) in [5.41, 5.74) is 1.40. The summed E-state index contributed by atoms with van der Waals surface area (Å²) in [4.78, 5) is 10.7. The van der Waals surface area contributed by atoms with Gasteiger partial charge in [-0.2, -0.15) is 18.4 Å². The average molecular weight is 389 g/mol. The number of alkyl halides is 3. The number of fused-ring (bicyclic) bond motifs is 1. The Hall–Kier alpha value is -3.28. The molecule has 1 aromatic carbocycles. The number of ether oxygens (including phenoxy) is 1. The van der Waals surface area contributed by atoms with Crippen molar-refractivity contribution in [3.05, 3.63) is 34.9 Å². The van der Waals surface area contributed by atoms with Crippen LogP contribution in [0.25, 0.3) is 22.6 Å². The van der Waals surface area contributed by atoms with Crippen LogP contribution in [0.3, 0.4) is 0 Å². The van der Waals surface area contributed by atoms with E-state index in [1.807, 2.05) is 0 Å². The average Bonchev–Trinajstić information content (AvgIpc) is 2.94. The summed E-state index contributed by atoms with van der Waals surface area (Å²) in [6.45, 7) is 1.58. The van der Waals surface area contributed by atoms with Crippen LogP contribution in [0.15, 0.2) is 18.2 Å². The number of nitrogens with zero attached hydrogens (tertiary/aromatic N) is 5.